The summed E-state index contributed by atoms with van der Waals surface area (Å²) in [6, 6.07) is 0.214. The lowest BCUT2D eigenvalue weighted by atomic mass is 9.93. The second-order valence-corrected chi connectivity index (χ2v) is 5.37. The van der Waals surface area contributed by atoms with E-state index >= 15 is 0 Å². The summed E-state index contributed by atoms with van der Waals surface area (Å²) in [7, 11) is 0. The van der Waals surface area contributed by atoms with E-state index in [4.69, 9.17) is 16.4 Å². The number of hydrogen-bond donors (Lipinski definition) is 0. The van der Waals surface area contributed by atoms with Crippen molar-refractivity contribution in [1.29, 1.82) is 0 Å². The molecule has 1 aliphatic heterocycles. The van der Waals surface area contributed by atoms with E-state index in [1.54, 1.807) is 6.26 Å². The first-order chi connectivity index (χ1) is 6.94. The van der Waals surface area contributed by atoms with Gasteiger partial charge in [-0.2, -0.15) is 0 Å². The molecule has 0 aliphatic carbocycles. The number of hydroxylamine groups is 2. The summed E-state index contributed by atoms with van der Waals surface area (Å²) < 4.78 is 0. The van der Waals surface area contributed by atoms with Gasteiger partial charge in [-0.25, -0.2) is 0 Å². The fourth-order valence-electron chi connectivity index (χ4n) is 1.76. The Morgan fingerprint density at radius 2 is 2.13 bits per heavy atom. The molecule has 1 rings (SSSR count). The minimum Gasteiger partial charge on any atom is -0.411 e. The first kappa shape index (κ1) is 12.9. The minimum atomic E-state index is 0.0290. The van der Waals surface area contributed by atoms with Gasteiger partial charge in [-0.1, -0.05) is 38.8 Å². The van der Waals surface area contributed by atoms with E-state index in [0.717, 1.165) is 17.9 Å². The SMILES string of the molecule is CCC(C)C1C(Cl)=CON1C(C)(C)CC. The summed E-state index contributed by atoms with van der Waals surface area (Å²) >= 11 is 6.20. The summed E-state index contributed by atoms with van der Waals surface area (Å²) in [5, 5.41) is 2.87. The van der Waals surface area contributed by atoms with Crippen molar-refractivity contribution < 1.29 is 4.84 Å². The fourth-order valence-corrected chi connectivity index (χ4v) is 2.10. The van der Waals surface area contributed by atoms with Crippen LogP contribution in [0.3, 0.4) is 0 Å². The molecule has 0 spiro atoms. The first-order valence-electron chi connectivity index (χ1n) is 5.75. The average Bonchev–Trinajstić information content (AvgIpc) is 2.59. The van der Waals surface area contributed by atoms with Crippen LogP contribution in [0.1, 0.15) is 47.5 Å². The zero-order valence-electron chi connectivity index (χ0n) is 10.4. The molecule has 1 heterocycles. The highest BCUT2D eigenvalue weighted by Gasteiger charge is 2.40. The number of rotatable bonds is 4. The van der Waals surface area contributed by atoms with Gasteiger partial charge >= 0.3 is 0 Å². The zero-order chi connectivity index (χ0) is 11.6. The van der Waals surface area contributed by atoms with Gasteiger partial charge in [-0.3, -0.25) is 0 Å². The Morgan fingerprint density at radius 3 is 2.60 bits per heavy atom. The van der Waals surface area contributed by atoms with Crippen molar-refractivity contribution in [2.75, 3.05) is 0 Å². The van der Waals surface area contributed by atoms with Crippen LogP contribution in [0.2, 0.25) is 0 Å². The maximum absolute atomic E-state index is 6.20. The number of nitrogens with zero attached hydrogens (tertiary/aromatic N) is 1. The molecule has 2 unspecified atom stereocenters. The molecule has 0 bridgehead atoms. The van der Waals surface area contributed by atoms with Gasteiger partial charge in [0, 0.05) is 0 Å². The Balaban J connectivity index is 2.84. The van der Waals surface area contributed by atoms with Crippen LogP contribution in [0.4, 0.5) is 0 Å². The van der Waals surface area contributed by atoms with E-state index in [1.165, 1.54) is 0 Å². The van der Waals surface area contributed by atoms with Crippen molar-refractivity contribution in [3.05, 3.63) is 11.3 Å². The highest BCUT2D eigenvalue weighted by molar-refractivity contribution is 6.30. The minimum absolute atomic E-state index is 0.0290. The molecule has 0 aromatic heterocycles. The van der Waals surface area contributed by atoms with Crippen LogP contribution in [-0.4, -0.2) is 16.6 Å². The monoisotopic (exact) mass is 231 g/mol. The van der Waals surface area contributed by atoms with E-state index in [9.17, 15) is 0 Å². The van der Waals surface area contributed by atoms with Crippen LogP contribution < -0.4 is 0 Å². The van der Waals surface area contributed by atoms with Gasteiger partial charge in [0.05, 0.1) is 16.6 Å². The quantitative estimate of drug-likeness (QED) is 0.727. The molecule has 2 nitrogen and oxygen atoms in total. The van der Waals surface area contributed by atoms with Crippen LogP contribution in [0.15, 0.2) is 11.3 Å². The molecule has 0 saturated heterocycles. The standard InChI is InChI=1S/C12H22ClNO/c1-6-9(3)11-10(13)8-15-14(11)12(4,5)7-2/h8-9,11H,6-7H2,1-5H3. The maximum Gasteiger partial charge on any atom is 0.127 e. The van der Waals surface area contributed by atoms with Gasteiger partial charge in [0.25, 0.3) is 0 Å². The van der Waals surface area contributed by atoms with Gasteiger partial charge in [0.15, 0.2) is 0 Å². The van der Waals surface area contributed by atoms with E-state index in [0.29, 0.717) is 5.92 Å². The number of halogens is 1. The smallest absolute Gasteiger partial charge is 0.127 e. The van der Waals surface area contributed by atoms with E-state index in [2.05, 4.69) is 34.6 Å². The highest BCUT2D eigenvalue weighted by Crippen LogP contribution is 2.36. The summed E-state index contributed by atoms with van der Waals surface area (Å²) in [5.74, 6) is 0.516. The molecule has 3 heteroatoms. The lowest BCUT2D eigenvalue weighted by Crippen LogP contribution is -2.48. The second kappa shape index (κ2) is 4.75. The average molecular weight is 232 g/mol. The Hall–Kier alpha value is -0.210. The largest absolute Gasteiger partial charge is 0.411 e. The van der Waals surface area contributed by atoms with Crippen LogP contribution in [-0.2, 0) is 4.84 Å². The Morgan fingerprint density at radius 1 is 1.53 bits per heavy atom. The summed E-state index contributed by atoms with van der Waals surface area (Å²) in [5.41, 5.74) is 0.0290. The fraction of sp³-hybridized carbons (Fsp3) is 0.833. The molecule has 0 aromatic carbocycles. The molecule has 0 radical (unpaired) electrons. The van der Waals surface area contributed by atoms with E-state index in [1.807, 2.05) is 5.06 Å². The van der Waals surface area contributed by atoms with Gasteiger partial charge in [0.2, 0.25) is 0 Å². The summed E-state index contributed by atoms with van der Waals surface area (Å²) in [6.07, 6.45) is 3.82. The highest BCUT2D eigenvalue weighted by atomic mass is 35.5. The third-order valence-corrected chi connectivity index (χ3v) is 3.77. The molecule has 0 amide bonds. The molecule has 0 fully saturated rings. The molecule has 88 valence electrons. The normalized spacial score (nSPS) is 24.9. The molecular weight excluding hydrogens is 210 g/mol. The van der Waals surface area contributed by atoms with Crippen molar-refractivity contribution in [3.8, 4) is 0 Å². The Kier molecular flexibility index (Phi) is 4.07. The maximum atomic E-state index is 6.20. The lowest BCUT2D eigenvalue weighted by molar-refractivity contribution is -0.181. The molecule has 15 heavy (non-hydrogen) atoms. The third kappa shape index (κ3) is 2.48. The second-order valence-electron chi connectivity index (χ2n) is 4.93. The van der Waals surface area contributed by atoms with Gasteiger partial charge in [-0.15, -0.1) is 5.06 Å². The van der Waals surface area contributed by atoms with Crippen LogP contribution >= 0.6 is 11.6 Å². The van der Waals surface area contributed by atoms with Crippen molar-refractivity contribution >= 4 is 11.6 Å². The predicted molar refractivity (Wildman–Crippen MR) is 64.5 cm³/mol. The van der Waals surface area contributed by atoms with Crippen molar-refractivity contribution in [1.82, 2.24) is 5.06 Å². The third-order valence-electron chi connectivity index (χ3n) is 3.46. The molecular formula is C12H22ClNO. The van der Waals surface area contributed by atoms with Crippen LogP contribution in [0.5, 0.6) is 0 Å². The summed E-state index contributed by atoms with van der Waals surface area (Å²) in [4.78, 5) is 5.60. The molecule has 2 atom stereocenters. The molecule has 0 aromatic rings. The van der Waals surface area contributed by atoms with E-state index in [-0.39, 0.29) is 11.6 Å². The summed E-state index contributed by atoms with van der Waals surface area (Å²) in [6.45, 7) is 10.9. The first-order valence-corrected chi connectivity index (χ1v) is 6.13. The predicted octanol–water partition coefficient (Wildman–Crippen LogP) is 3.92. The number of hydrogen-bond acceptors (Lipinski definition) is 2. The molecule has 1 aliphatic rings. The van der Waals surface area contributed by atoms with Gasteiger partial charge < -0.3 is 4.84 Å². The molecule has 0 saturated carbocycles. The van der Waals surface area contributed by atoms with Crippen molar-refractivity contribution in [3.63, 3.8) is 0 Å². The van der Waals surface area contributed by atoms with Crippen LogP contribution in [0, 0.1) is 5.92 Å². The molecule has 0 N–H and O–H groups in total. The van der Waals surface area contributed by atoms with E-state index < -0.39 is 0 Å². The zero-order valence-corrected chi connectivity index (χ0v) is 11.1. The van der Waals surface area contributed by atoms with Gasteiger partial charge in [0.1, 0.15) is 6.26 Å². The topological polar surface area (TPSA) is 12.5 Å². The Bertz CT molecular complexity index is 250. The Labute approximate surface area is 98.2 Å². The lowest BCUT2D eigenvalue weighted by Gasteiger charge is -2.39. The van der Waals surface area contributed by atoms with Gasteiger partial charge in [-0.05, 0) is 26.2 Å². The van der Waals surface area contributed by atoms with Crippen LogP contribution in [0.25, 0.3) is 0 Å². The van der Waals surface area contributed by atoms with Crippen molar-refractivity contribution in [2.24, 2.45) is 5.92 Å². The van der Waals surface area contributed by atoms with Crippen molar-refractivity contribution in [2.45, 2.75) is 59.0 Å².